The fourth-order valence-corrected chi connectivity index (χ4v) is 2.56. The van der Waals surface area contributed by atoms with Crippen LogP contribution in [0, 0.1) is 5.82 Å². The van der Waals surface area contributed by atoms with Gasteiger partial charge in [0, 0.05) is 10.9 Å². The minimum absolute atomic E-state index is 0.115. The number of benzene rings is 2. The summed E-state index contributed by atoms with van der Waals surface area (Å²) in [5.41, 5.74) is 12.9. The lowest BCUT2D eigenvalue weighted by Crippen LogP contribution is -2.28. The quantitative estimate of drug-likeness (QED) is 0.422. The summed E-state index contributed by atoms with van der Waals surface area (Å²) in [6, 6.07) is 14.5. The van der Waals surface area contributed by atoms with Crippen molar-refractivity contribution in [2.75, 3.05) is 11.2 Å². The van der Waals surface area contributed by atoms with Crippen molar-refractivity contribution in [1.29, 1.82) is 0 Å². The summed E-state index contributed by atoms with van der Waals surface area (Å²) in [6.45, 7) is 0. The number of carbonyl (C=O) groups excluding carboxylic acids is 1. The van der Waals surface area contributed by atoms with Gasteiger partial charge in [-0.2, -0.15) is 5.10 Å². The SMILES string of the molecule is Nc1n[nH]c2ccc(-c3ccc(C(=O)NNc4cccc(F)c4)o3)cc12. The van der Waals surface area contributed by atoms with E-state index in [9.17, 15) is 9.18 Å². The number of furan rings is 1. The summed E-state index contributed by atoms with van der Waals surface area (Å²) in [5.74, 6) is 0.140. The first kappa shape index (κ1) is 15.7. The molecule has 2 aromatic heterocycles. The van der Waals surface area contributed by atoms with Crippen LogP contribution in [0.2, 0.25) is 0 Å². The molecule has 0 unspecified atom stereocenters. The molecule has 2 heterocycles. The molecule has 0 aliphatic carbocycles. The van der Waals surface area contributed by atoms with Crippen LogP contribution in [0.15, 0.2) is 59.0 Å². The minimum atomic E-state index is -0.482. The number of nitrogens with one attached hydrogen (secondary N) is 3. The van der Waals surface area contributed by atoms with Crippen molar-refractivity contribution in [3.05, 3.63) is 66.2 Å². The number of hydrogen-bond acceptors (Lipinski definition) is 5. The molecule has 0 saturated heterocycles. The van der Waals surface area contributed by atoms with Gasteiger partial charge < -0.3 is 10.2 Å². The zero-order valence-electron chi connectivity index (χ0n) is 13.4. The molecule has 0 spiro atoms. The van der Waals surface area contributed by atoms with E-state index in [-0.39, 0.29) is 5.76 Å². The summed E-state index contributed by atoms with van der Waals surface area (Å²) in [6.07, 6.45) is 0. The maximum absolute atomic E-state index is 13.1. The molecule has 1 amide bonds. The predicted molar refractivity (Wildman–Crippen MR) is 95.7 cm³/mol. The number of amides is 1. The number of aromatic amines is 1. The van der Waals surface area contributed by atoms with E-state index in [1.807, 2.05) is 18.2 Å². The zero-order valence-corrected chi connectivity index (χ0v) is 13.4. The van der Waals surface area contributed by atoms with E-state index >= 15 is 0 Å². The van der Waals surface area contributed by atoms with E-state index < -0.39 is 11.7 Å². The molecule has 4 rings (SSSR count). The molecule has 0 aliphatic heterocycles. The molecule has 5 N–H and O–H groups in total. The van der Waals surface area contributed by atoms with Gasteiger partial charge >= 0.3 is 5.91 Å². The smallest absolute Gasteiger partial charge is 0.305 e. The highest BCUT2D eigenvalue weighted by atomic mass is 19.1. The number of anilines is 2. The first-order chi connectivity index (χ1) is 12.6. The van der Waals surface area contributed by atoms with Crippen LogP contribution in [-0.2, 0) is 0 Å². The van der Waals surface area contributed by atoms with Crippen molar-refractivity contribution in [3.63, 3.8) is 0 Å². The second kappa shape index (κ2) is 6.25. The maximum Gasteiger partial charge on any atom is 0.305 e. The van der Waals surface area contributed by atoms with Gasteiger partial charge in [0.1, 0.15) is 11.6 Å². The number of nitrogens with two attached hydrogens (primary N) is 1. The highest BCUT2D eigenvalue weighted by Crippen LogP contribution is 2.27. The summed E-state index contributed by atoms with van der Waals surface area (Å²) in [7, 11) is 0. The number of nitrogen functional groups attached to an aromatic ring is 1. The van der Waals surface area contributed by atoms with Gasteiger partial charge in [0.25, 0.3) is 0 Å². The Kier molecular flexibility index (Phi) is 3.77. The molecule has 8 heteroatoms. The molecule has 0 fully saturated rings. The van der Waals surface area contributed by atoms with Gasteiger partial charge in [0.2, 0.25) is 0 Å². The summed E-state index contributed by atoms with van der Waals surface area (Å²) < 4.78 is 18.7. The van der Waals surface area contributed by atoms with E-state index in [1.165, 1.54) is 18.2 Å². The number of H-pyrrole nitrogens is 1. The van der Waals surface area contributed by atoms with Gasteiger partial charge in [-0.25, -0.2) is 4.39 Å². The average Bonchev–Trinajstić information content (AvgIpc) is 3.27. The lowest BCUT2D eigenvalue weighted by Gasteiger charge is -2.06. The Balaban J connectivity index is 1.51. The number of hydrazine groups is 1. The molecule has 0 radical (unpaired) electrons. The van der Waals surface area contributed by atoms with E-state index in [2.05, 4.69) is 21.0 Å². The van der Waals surface area contributed by atoms with Crippen molar-refractivity contribution < 1.29 is 13.6 Å². The highest BCUT2D eigenvalue weighted by molar-refractivity contribution is 5.94. The van der Waals surface area contributed by atoms with Crippen LogP contribution >= 0.6 is 0 Å². The molecule has 7 nitrogen and oxygen atoms in total. The second-order valence-corrected chi connectivity index (χ2v) is 5.62. The molecule has 0 saturated carbocycles. The largest absolute Gasteiger partial charge is 0.451 e. The molecule has 130 valence electrons. The van der Waals surface area contributed by atoms with Crippen molar-refractivity contribution >= 4 is 28.3 Å². The molecular weight excluding hydrogens is 337 g/mol. The van der Waals surface area contributed by atoms with Gasteiger partial charge in [-0.15, -0.1) is 0 Å². The van der Waals surface area contributed by atoms with Gasteiger partial charge in [0.15, 0.2) is 11.6 Å². The molecule has 0 aliphatic rings. The predicted octanol–water partition coefficient (Wildman–Crippen LogP) is 3.30. The third-order valence-electron chi connectivity index (χ3n) is 3.85. The van der Waals surface area contributed by atoms with Crippen LogP contribution in [0.4, 0.5) is 15.9 Å². The van der Waals surface area contributed by atoms with Crippen molar-refractivity contribution in [3.8, 4) is 11.3 Å². The summed E-state index contributed by atoms with van der Waals surface area (Å²) >= 11 is 0. The summed E-state index contributed by atoms with van der Waals surface area (Å²) in [4.78, 5) is 12.2. The van der Waals surface area contributed by atoms with Crippen LogP contribution in [0.1, 0.15) is 10.6 Å². The first-order valence-electron chi connectivity index (χ1n) is 7.76. The van der Waals surface area contributed by atoms with E-state index in [4.69, 9.17) is 10.2 Å². The Morgan fingerprint density at radius 1 is 1.15 bits per heavy atom. The molecule has 26 heavy (non-hydrogen) atoms. The van der Waals surface area contributed by atoms with Gasteiger partial charge in [0.05, 0.1) is 11.2 Å². The lowest BCUT2D eigenvalue weighted by atomic mass is 10.1. The van der Waals surface area contributed by atoms with Crippen molar-refractivity contribution in [1.82, 2.24) is 15.6 Å². The molecule has 2 aromatic carbocycles. The monoisotopic (exact) mass is 351 g/mol. The van der Waals surface area contributed by atoms with Crippen LogP contribution in [-0.4, -0.2) is 16.1 Å². The van der Waals surface area contributed by atoms with Crippen molar-refractivity contribution in [2.45, 2.75) is 0 Å². The number of halogens is 1. The number of nitrogens with zero attached hydrogens (tertiary/aromatic N) is 1. The van der Waals surface area contributed by atoms with Gasteiger partial charge in [-0.3, -0.25) is 20.7 Å². The Morgan fingerprint density at radius 2 is 2.04 bits per heavy atom. The zero-order chi connectivity index (χ0) is 18.1. The van der Waals surface area contributed by atoms with E-state index in [1.54, 1.807) is 18.2 Å². The van der Waals surface area contributed by atoms with Crippen LogP contribution in [0.5, 0.6) is 0 Å². The van der Waals surface area contributed by atoms with E-state index in [0.717, 1.165) is 16.5 Å². The Hall–Kier alpha value is -3.81. The fraction of sp³-hybridized carbons (Fsp3) is 0. The lowest BCUT2D eigenvalue weighted by molar-refractivity contribution is 0.0936. The Bertz CT molecular complexity index is 1100. The third-order valence-corrected chi connectivity index (χ3v) is 3.85. The fourth-order valence-electron chi connectivity index (χ4n) is 2.56. The first-order valence-corrected chi connectivity index (χ1v) is 7.76. The molecular formula is C18H14FN5O2. The Morgan fingerprint density at radius 3 is 2.88 bits per heavy atom. The average molecular weight is 351 g/mol. The van der Waals surface area contributed by atoms with Crippen LogP contribution in [0.25, 0.3) is 22.2 Å². The molecule has 4 aromatic rings. The van der Waals surface area contributed by atoms with Gasteiger partial charge in [-0.1, -0.05) is 6.07 Å². The van der Waals surface area contributed by atoms with Gasteiger partial charge in [-0.05, 0) is 48.5 Å². The van der Waals surface area contributed by atoms with Crippen molar-refractivity contribution in [2.24, 2.45) is 0 Å². The molecule has 0 bridgehead atoms. The van der Waals surface area contributed by atoms with Crippen LogP contribution in [0.3, 0.4) is 0 Å². The number of aromatic nitrogens is 2. The molecule has 0 atom stereocenters. The highest BCUT2D eigenvalue weighted by Gasteiger charge is 2.13. The number of fused-ring (bicyclic) bond motifs is 1. The number of rotatable bonds is 4. The number of hydrogen-bond donors (Lipinski definition) is 4. The summed E-state index contributed by atoms with van der Waals surface area (Å²) in [5, 5.41) is 7.54. The number of carbonyl (C=O) groups is 1. The topological polar surface area (TPSA) is 109 Å². The van der Waals surface area contributed by atoms with E-state index in [0.29, 0.717) is 17.3 Å². The minimum Gasteiger partial charge on any atom is -0.451 e. The normalized spacial score (nSPS) is 10.8. The maximum atomic E-state index is 13.1. The third kappa shape index (κ3) is 2.95. The van der Waals surface area contributed by atoms with Crippen LogP contribution < -0.4 is 16.6 Å². The Labute approximate surface area is 147 Å². The second-order valence-electron chi connectivity index (χ2n) is 5.62. The standard InChI is InChI=1S/C18H14FN5O2/c19-11-2-1-3-12(9-11)21-24-18(25)16-7-6-15(26-16)10-4-5-14-13(8-10)17(20)23-22-14/h1-9,21H,(H,24,25)(H3,20,22,23).